The van der Waals surface area contributed by atoms with Gasteiger partial charge in [0.05, 0.1) is 0 Å². The predicted octanol–water partition coefficient (Wildman–Crippen LogP) is 2.52. The Hall–Kier alpha value is -1.06. The third-order valence-electron chi connectivity index (χ3n) is 3.98. The number of amides is 1. The molecule has 1 atom stereocenters. The molecule has 0 radical (unpaired) electrons. The first kappa shape index (κ1) is 15.0. The summed E-state index contributed by atoms with van der Waals surface area (Å²) in [5.41, 5.74) is 0. The van der Waals surface area contributed by atoms with E-state index in [1.807, 2.05) is 13.8 Å². The zero-order chi connectivity index (χ0) is 13.9. The lowest BCUT2D eigenvalue weighted by molar-refractivity contribution is -0.154. The van der Waals surface area contributed by atoms with E-state index in [4.69, 9.17) is 0 Å². The van der Waals surface area contributed by atoms with Crippen LogP contribution in [0.2, 0.25) is 0 Å². The molecule has 0 heterocycles. The Balaban J connectivity index is 2.87. The zero-order valence-corrected chi connectivity index (χ0v) is 11.8. The molecule has 1 saturated carbocycles. The van der Waals surface area contributed by atoms with Crippen molar-refractivity contribution in [3.8, 4) is 0 Å². The Labute approximate surface area is 109 Å². The van der Waals surface area contributed by atoms with Crippen molar-refractivity contribution in [2.75, 3.05) is 0 Å². The third-order valence-corrected chi connectivity index (χ3v) is 3.98. The number of rotatable bonds is 4. The number of hydrogen-bond donors (Lipinski definition) is 1. The third kappa shape index (κ3) is 3.47. The first-order chi connectivity index (χ1) is 8.34. The van der Waals surface area contributed by atoms with Gasteiger partial charge in [-0.1, -0.05) is 19.8 Å². The Morgan fingerprint density at radius 3 is 2.00 bits per heavy atom. The van der Waals surface area contributed by atoms with E-state index in [0.717, 1.165) is 25.7 Å². The molecule has 4 nitrogen and oxygen atoms in total. The van der Waals surface area contributed by atoms with Gasteiger partial charge in [-0.05, 0) is 38.5 Å². The minimum atomic E-state index is -0.863. The van der Waals surface area contributed by atoms with E-state index in [0.29, 0.717) is 5.92 Å². The molecule has 18 heavy (non-hydrogen) atoms. The van der Waals surface area contributed by atoms with Crippen LogP contribution < -0.4 is 0 Å². The maximum atomic E-state index is 11.7. The monoisotopic (exact) mass is 255 g/mol. The first-order valence-corrected chi connectivity index (χ1v) is 6.86. The van der Waals surface area contributed by atoms with Gasteiger partial charge in [0, 0.05) is 13.0 Å². The van der Waals surface area contributed by atoms with Crippen LogP contribution in [0.15, 0.2) is 0 Å². The smallest absolute Gasteiger partial charge is 0.326 e. The highest BCUT2D eigenvalue weighted by Gasteiger charge is 2.37. The van der Waals surface area contributed by atoms with E-state index in [9.17, 15) is 14.7 Å². The summed E-state index contributed by atoms with van der Waals surface area (Å²) in [6.45, 7) is 7.42. The lowest BCUT2D eigenvalue weighted by atomic mass is 9.78. The topological polar surface area (TPSA) is 57.6 Å². The van der Waals surface area contributed by atoms with E-state index in [1.165, 1.54) is 11.8 Å². The van der Waals surface area contributed by atoms with Crippen molar-refractivity contribution >= 4 is 11.9 Å². The fourth-order valence-electron chi connectivity index (χ4n) is 3.03. The lowest BCUT2D eigenvalue weighted by Gasteiger charge is -2.39. The normalized spacial score (nSPS) is 25.8. The van der Waals surface area contributed by atoms with Crippen molar-refractivity contribution in [3.63, 3.8) is 0 Å². The van der Waals surface area contributed by atoms with E-state index >= 15 is 0 Å². The maximum absolute atomic E-state index is 11.7. The van der Waals surface area contributed by atoms with Crippen molar-refractivity contribution in [3.05, 3.63) is 0 Å². The summed E-state index contributed by atoms with van der Waals surface area (Å²) in [6, 6.07) is -0.724. The molecule has 1 amide bonds. The molecule has 1 fully saturated rings. The average molecular weight is 255 g/mol. The largest absolute Gasteiger partial charge is 0.480 e. The summed E-state index contributed by atoms with van der Waals surface area (Å²) in [5, 5.41) is 9.47. The summed E-state index contributed by atoms with van der Waals surface area (Å²) in [7, 11) is 0. The van der Waals surface area contributed by atoms with Crippen LogP contribution >= 0.6 is 0 Å². The van der Waals surface area contributed by atoms with Crippen LogP contribution in [0.25, 0.3) is 0 Å². The molecule has 4 heteroatoms. The molecule has 1 unspecified atom stereocenters. The molecule has 1 aliphatic rings. The van der Waals surface area contributed by atoms with Gasteiger partial charge in [0.25, 0.3) is 0 Å². The number of nitrogens with zero attached hydrogens (tertiary/aromatic N) is 1. The molecule has 1 aliphatic carbocycles. The quantitative estimate of drug-likeness (QED) is 0.839. The molecule has 1 N–H and O–H groups in total. The SMILES string of the molecule is CC(=O)N(C(C)C)C(C(=O)O)C1CCC(C)CC1. The first-order valence-electron chi connectivity index (χ1n) is 6.86. The van der Waals surface area contributed by atoms with E-state index in [1.54, 1.807) is 0 Å². The molecule has 0 spiro atoms. The van der Waals surface area contributed by atoms with E-state index in [2.05, 4.69) is 6.92 Å². The fraction of sp³-hybridized carbons (Fsp3) is 0.857. The van der Waals surface area contributed by atoms with Gasteiger partial charge in [0.15, 0.2) is 0 Å². The van der Waals surface area contributed by atoms with Crippen molar-refractivity contribution in [1.82, 2.24) is 4.90 Å². The van der Waals surface area contributed by atoms with Crippen LogP contribution in [0.4, 0.5) is 0 Å². The number of carbonyl (C=O) groups is 2. The second-order valence-corrected chi connectivity index (χ2v) is 5.82. The van der Waals surface area contributed by atoms with Gasteiger partial charge < -0.3 is 10.0 Å². The molecule has 0 aliphatic heterocycles. The van der Waals surface area contributed by atoms with Gasteiger partial charge >= 0.3 is 5.97 Å². The summed E-state index contributed by atoms with van der Waals surface area (Å²) < 4.78 is 0. The van der Waals surface area contributed by atoms with Crippen molar-refractivity contribution in [1.29, 1.82) is 0 Å². The highest BCUT2D eigenvalue weighted by molar-refractivity contribution is 5.82. The molecular weight excluding hydrogens is 230 g/mol. The second-order valence-electron chi connectivity index (χ2n) is 5.82. The van der Waals surface area contributed by atoms with Gasteiger partial charge in [-0.3, -0.25) is 4.79 Å². The summed E-state index contributed by atoms with van der Waals surface area (Å²) in [5.74, 6) is -0.222. The van der Waals surface area contributed by atoms with Crippen LogP contribution in [0.5, 0.6) is 0 Å². The van der Waals surface area contributed by atoms with Crippen LogP contribution in [-0.4, -0.2) is 34.0 Å². The lowest BCUT2D eigenvalue weighted by Crippen LogP contribution is -2.52. The molecular formula is C14H25NO3. The fourth-order valence-corrected chi connectivity index (χ4v) is 3.03. The minimum Gasteiger partial charge on any atom is -0.480 e. The van der Waals surface area contributed by atoms with Crippen molar-refractivity contribution < 1.29 is 14.7 Å². The number of hydrogen-bond acceptors (Lipinski definition) is 2. The van der Waals surface area contributed by atoms with Gasteiger partial charge in [-0.15, -0.1) is 0 Å². The zero-order valence-electron chi connectivity index (χ0n) is 11.8. The minimum absolute atomic E-state index is 0.0667. The van der Waals surface area contributed by atoms with E-state index < -0.39 is 12.0 Å². The molecule has 104 valence electrons. The van der Waals surface area contributed by atoms with Gasteiger partial charge in [0.1, 0.15) is 6.04 Å². The molecule has 0 bridgehead atoms. The number of carbonyl (C=O) groups excluding carboxylic acids is 1. The van der Waals surface area contributed by atoms with E-state index in [-0.39, 0.29) is 17.9 Å². The summed E-state index contributed by atoms with van der Waals surface area (Å²) in [4.78, 5) is 24.8. The summed E-state index contributed by atoms with van der Waals surface area (Å²) in [6.07, 6.45) is 3.96. The predicted molar refractivity (Wildman–Crippen MR) is 70.2 cm³/mol. The Kier molecular flexibility index (Phi) is 5.17. The van der Waals surface area contributed by atoms with Crippen molar-refractivity contribution in [2.45, 2.75) is 65.5 Å². The van der Waals surface area contributed by atoms with Crippen LogP contribution in [0.1, 0.15) is 53.4 Å². The highest BCUT2D eigenvalue weighted by atomic mass is 16.4. The van der Waals surface area contributed by atoms with Crippen LogP contribution in [-0.2, 0) is 9.59 Å². The average Bonchev–Trinajstić information content (AvgIpc) is 2.25. The van der Waals surface area contributed by atoms with Crippen molar-refractivity contribution in [2.24, 2.45) is 11.8 Å². The molecule has 0 saturated heterocycles. The molecule has 0 aromatic heterocycles. The Bertz CT molecular complexity index is 306. The van der Waals surface area contributed by atoms with Gasteiger partial charge in [-0.25, -0.2) is 4.79 Å². The maximum Gasteiger partial charge on any atom is 0.326 e. The van der Waals surface area contributed by atoms with Gasteiger partial charge in [0.2, 0.25) is 5.91 Å². The Morgan fingerprint density at radius 1 is 1.17 bits per heavy atom. The highest BCUT2D eigenvalue weighted by Crippen LogP contribution is 2.33. The molecule has 1 rings (SSSR count). The molecule has 0 aromatic rings. The molecule has 0 aromatic carbocycles. The Morgan fingerprint density at radius 2 is 1.67 bits per heavy atom. The number of aliphatic carboxylic acids is 1. The summed E-state index contributed by atoms with van der Waals surface area (Å²) >= 11 is 0. The second kappa shape index (κ2) is 6.21. The number of carboxylic acids is 1. The van der Waals surface area contributed by atoms with Crippen LogP contribution in [0, 0.1) is 11.8 Å². The standard InChI is InChI=1S/C14H25NO3/c1-9(2)15(11(4)16)13(14(17)18)12-7-5-10(3)6-8-12/h9-10,12-13H,5-8H2,1-4H3,(H,17,18). The van der Waals surface area contributed by atoms with Gasteiger partial charge in [-0.2, -0.15) is 0 Å². The number of carboxylic acid groups (broad SMARTS) is 1. The van der Waals surface area contributed by atoms with Crippen LogP contribution in [0.3, 0.4) is 0 Å².